The Morgan fingerprint density at radius 3 is 2.20 bits per heavy atom. The zero-order valence-electron chi connectivity index (χ0n) is 27.9. The van der Waals surface area contributed by atoms with Gasteiger partial charge in [-0.05, 0) is 55.2 Å². The van der Waals surface area contributed by atoms with E-state index in [2.05, 4.69) is 21.3 Å². The van der Waals surface area contributed by atoms with Gasteiger partial charge in [0.2, 0.25) is 35.4 Å². The fourth-order valence-corrected chi connectivity index (χ4v) is 7.15. The summed E-state index contributed by atoms with van der Waals surface area (Å²) in [5.41, 5.74) is 7.22. The van der Waals surface area contributed by atoms with Crippen LogP contribution in [-0.4, -0.2) is 80.3 Å². The summed E-state index contributed by atoms with van der Waals surface area (Å²) in [4.78, 5) is 97.8. The molecule has 2 fully saturated rings. The lowest BCUT2D eigenvalue weighted by Crippen LogP contribution is -2.58. The van der Waals surface area contributed by atoms with Gasteiger partial charge in [-0.15, -0.1) is 0 Å². The second-order valence-electron chi connectivity index (χ2n) is 12.9. The Hall–Kier alpha value is -4.59. The van der Waals surface area contributed by atoms with E-state index in [1.807, 2.05) is 30.3 Å². The van der Waals surface area contributed by atoms with E-state index in [9.17, 15) is 43.1 Å². The minimum Gasteiger partial charge on any atom is -0.370 e. The molecular formula is C34H45N6O9P. The minimum absolute atomic E-state index is 0.0264. The molecule has 270 valence electrons. The van der Waals surface area contributed by atoms with E-state index in [1.165, 1.54) is 24.0 Å². The van der Waals surface area contributed by atoms with Crippen LogP contribution in [0, 0.1) is 0 Å². The van der Waals surface area contributed by atoms with Crippen LogP contribution < -0.4 is 27.0 Å². The maximum absolute atomic E-state index is 14.0. The second-order valence-corrected chi connectivity index (χ2v) is 14.5. The van der Waals surface area contributed by atoms with Gasteiger partial charge in [-0.3, -0.25) is 33.3 Å². The summed E-state index contributed by atoms with van der Waals surface area (Å²) in [6, 6.07) is 11.2. The molecule has 2 aromatic rings. The molecule has 15 nitrogen and oxygen atoms in total. The molecule has 1 unspecified atom stereocenters. The third-order valence-corrected chi connectivity index (χ3v) is 9.65. The van der Waals surface area contributed by atoms with E-state index < -0.39 is 73.4 Å². The molecule has 2 heterocycles. The van der Waals surface area contributed by atoms with Crippen LogP contribution in [0.2, 0.25) is 0 Å². The Morgan fingerprint density at radius 2 is 1.56 bits per heavy atom. The van der Waals surface area contributed by atoms with Crippen LogP contribution in [0.25, 0.3) is 0 Å². The van der Waals surface area contributed by atoms with E-state index in [4.69, 9.17) is 5.73 Å². The molecule has 2 aliphatic rings. The lowest BCUT2D eigenvalue weighted by Gasteiger charge is -2.32. The summed E-state index contributed by atoms with van der Waals surface area (Å²) in [5, 5.41) is 10.9. The number of hydrogen-bond acceptors (Lipinski definition) is 7. The molecule has 50 heavy (non-hydrogen) atoms. The number of benzene rings is 2. The number of carbonyl (C=O) groups excluding carboxylic acids is 6. The third-order valence-electron chi connectivity index (χ3n) is 8.87. The van der Waals surface area contributed by atoms with Gasteiger partial charge in [0.25, 0.3) is 0 Å². The quantitative estimate of drug-likeness (QED) is 0.127. The van der Waals surface area contributed by atoms with Gasteiger partial charge in [0.1, 0.15) is 24.2 Å². The van der Waals surface area contributed by atoms with Crippen molar-refractivity contribution in [2.24, 2.45) is 5.73 Å². The van der Waals surface area contributed by atoms with Gasteiger partial charge < -0.3 is 41.7 Å². The molecular weight excluding hydrogens is 667 g/mol. The number of fused-ring (bicyclic) bond motifs is 1. The number of rotatable bonds is 15. The summed E-state index contributed by atoms with van der Waals surface area (Å²) >= 11 is 0. The molecule has 2 saturated heterocycles. The Morgan fingerprint density at radius 1 is 0.880 bits per heavy atom. The normalized spacial score (nSPS) is 20.1. The molecule has 0 bridgehead atoms. The largest absolute Gasteiger partial charge is 0.370 e. The highest BCUT2D eigenvalue weighted by molar-refractivity contribution is 7.50. The number of carbonyl (C=O) groups is 6. The van der Waals surface area contributed by atoms with Crippen molar-refractivity contribution in [3.05, 3.63) is 71.3 Å². The van der Waals surface area contributed by atoms with Crippen molar-refractivity contribution >= 4 is 43.0 Å². The van der Waals surface area contributed by atoms with Crippen LogP contribution in [0.15, 0.2) is 54.6 Å². The van der Waals surface area contributed by atoms with E-state index in [0.717, 1.165) is 5.56 Å². The predicted octanol–water partition coefficient (Wildman–Crippen LogP) is 0.507. The lowest BCUT2D eigenvalue weighted by molar-refractivity contribution is -0.143. The van der Waals surface area contributed by atoms with Gasteiger partial charge in [-0.1, -0.05) is 54.6 Å². The first kappa shape index (κ1) is 38.2. The number of primary amides is 1. The average Bonchev–Trinajstić information content (AvgIpc) is 3.42. The van der Waals surface area contributed by atoms with Crippen molar-refractivity contribution in [1.29, 1.82) is 0 Å². The highest BCUT2D eigenvalue weighted by Gasteiger charge is 2.45. The number of nitrogens with zero attached hydrogens (tertiary/aromatic N) is 1. The molecule has 2 aliphatic heterocycles. The molecule has 0 radical (unpaired) electrons. The van der Waals surface area contributed by atoms with E-state index in [1.54, 1.807) is 12.1 Å². The van der Waals surface area contributed by atoms with E-state index >= 15 is 0 Å². The van der Waals surface area contributed by atoms with Crippen molar-refractivity contribution in [2.45, 2.75) is 101 Å². The first-order chi connectivity index (χ1) is 23.7. The first-order valence-corrected chi connectivity index (χ1v) is 18.4. The monoisotopic (exact) mass is 712 g/mol. The summed E-state index contributed by atoms with van der Waals surface area (Å²) in [5.74, 6) is -3.18. The van der Waals surface area contributed by atoms with Crippen molar-refractivity contribution in [3.63, 3.8) is 0 Å². The van der Waals surface area contributed by atoms with Crippen molar-refractivity contribution in [1.82, 2.24) is 26.2 Å². The number of hydrogen-bond donors (Lipinski definition) is 7. The first-order valence-electron chi connectivity index (χ1n) is 16.6. The van der Waals surface area contributed by atoms with Crippen LogP contribution in [-0.2, 0) is 52.5 Å². The summed E-state index contributed by atoms with van der Waals surface area (Å²) in [6.45, 7) is 1.47. The number of amides is 6. The molecule has 2 aromatic carbocycles. The number of nitrogens with two attached hydrogens (primary N) is 1. The molecule has 0 spiro atoms. The molecule has 0 saturated carbocycles. The molecule has 0 aliphatic carbocycles. The molecule has 4 rings (SSSR count). The molecule has 6 amide bonds. The standard InChI is InChI=1S/C34H45N6O9P/c1-21(41)37-28(18-22-10-12-24(13-11-22)20-50(47,48)49)32(44)39-27-9-5-8-25-14-16-29(40(25)34(27)46)33(45)38-26(15-17-30(35)42)31(43)36-19-23-6-3-2-4-7-23/h2-4,6-7,10-13,25-29H,5,8-9,14-20H2,1H3,(H2,35,42)(H,36,43)(H,37,41)(H,38,45)(H,39,44)(H2,47,48,49)/t25?,26-,27-,28-,29-/m0/s1. The maximum atomic E-state index is 14.0. The Labute approximate surface area is 290 Å². The van der Waals surface area contributed by atoms with E-state index in [0.29, 0.717) is 43.2 Å². The highest BCUT2D eigenvalue weighted by atomic mass is 31.2. The van der Waals surface area contributed by atoms with Crippen LogP contribution >= 0.6 is 7.60 Å². The van der Waals surface area contributed by atoms with Crippen LogP contribution in [0.4, 0.5) is 0 Å². The summed E-state index contributed by atoms with van der Waals surface area (Å²) in [7, 11) is -4.26. The summed E-state index contributed by atoms with van der Waals surface area (Å²) in [6.07, 6.45) is 1.90. The number of nitrogens with one attached hydrogen (secondary N) is 4. The predicted molar refractivity (Wildman–Crippen MR) is 182 cm³/mol. The zero-order valence-corrected chi connectivity index (χ0v) is 28.8. The molecule has 0 aromatic heterocycles. The Kier molecular flexibility index (Phi) is 13.3. The Bertz CT molecular complexity index is 1600. The van der Waals surface area contributed by atoms with Gasteiger partial charge in [-0.25, -0.2) is 0 Å². The van der Waals surface area contributed by atoms with Crippen molar-refractivity contribution in [3.8, 4) is 0 Å². The van der Waals surface area contributed by atoms with Crippen LogP contribution in [0.1, 0.15) is 68.6 Å². The minimum atomic E-state index is -4.26. The zero-order chi connectivity index (χ0) is 36.4. The van der Waals surface area contributed by atoms with Gasteiger partial charge in [0.15, 0.2) is 0 Å². The van der Waals surface area contributed by atoms with Gasteiger partial charge >= 0.3 is 7.60 Å². The average molecular weight is 713 g/mol. The van der Waals surface area contributed by atoms with E-state index in [-0.39, 0.29) is 31.8 Å². The fourth-order valence-electron chi connectivity index (χ4n) is 6.47. The molecule has 16 heteroatoms. The maximum Gasteiger partial charge on any atom is 0.329 e. The highest BCUT2D eigenvalue weighted by Crippen LogP contribution is 2.39. The SMILES string of the molecule is CC(=O)N[C@@H](Cc1ccc(CP(=O)(O)O)cc1)C(=O)N[C@H]1CCCC2CC[C@@H](C(=O)N[C@@H](CCC(N)=O)C(=O)NCc3ccccc3)N2C1=O. The van der Waals surface area contributed by atoms with Gasteiger partial charge in [0.05, 0.1) is 6.16 Å². The topological polar surface area (TPSA) is 237 Å². The van der Waals surface area contributed by atoms with Crippen LogP contribution in [0.5, 0.6) is 0 Å². The van der Waals surface area contributed by atoms with Gasteiger partial charge in [0, 0.05) is 32.4 Å². The molecule has 5 atom stereocenters. The van der Waals surface area contributed by atoms with Gasteiger partial charge in [-0.2, -0.15) is 0 Å². The fraction of sp³-hybridized carbons (Fsp3) is 0.471. The van der Waals surface area contributed by atoms with Crippen molar-refractivity contribution < 1.29 is 43.1 Å². The smallest absolute Gasteiger partial charge is 0.329 e. The van der Waals surface area contributed by atoms with Crippen molar-refractivity contribution in [2.75, 3.05) is 0 Å². The summed E-state index contributed by atoms with van der Waals surface area (Å²) < 4.78 is 11.3. The Balaban J connectivity index is 1.43. The third kappa shape index (κ3) is 11.2. The second kappa shape index (κ2) is 17.4. The van der Waals surface area contributed by atoms with Crippen LogP contribution in [0.3, 0.4) is 0 Å². The molecule has 8 N–H and O–H groups in total. The lowest BCUT2D eigenvalue weighted by atomic mass is 10.0.